The number of nitrogens with zero attached hydrogens (tertiary/aromatic N) is 1. The van der Waals surface area contributed by atoms with Gasteiger partial charge in [0, 0.05) is 17.0 Å². The van der Waals surface area contributed by atoms with Crippen molar-refractivity contribution in [3.05, 3.63) is 92.9 Å². The van der Waals surface area contributed by atoms with Crippen LogP contribution in [-0.2, 0) is 17.6 Å². The highest BCUT2D eigenvalue weighted by Crippen LogP contribution is 2.26. The van der Waals surface area contributed by atoms with Gasteiger partial charge in [0.15, 0.2) is 0 Å². The molecule has 1 N–H and O–H groups in total. The van der Waals surface area contributed by atoms with Gasteiger partial charge in [-0.05, 0) is 48.2 Å². The Morgan fingerprint density at radius 1 is 0.931 bits per heavy atom. The summed E-state index contributed by atoms with van der Waals surface area (Å²) in [6, 6.07) is 20.9. The number of aryl methyl sites for hydroxylation is 3. The Morgan fingerprint density at radius 3 is 2.41 bits per heavy atom. The van der Waals surface area contributed by atoms with Gasteiger partial charge in [0.1, 0.15) is 0 Å². The maximum Gasteiger partial charge on any atom is 0.229 e. The first kappa shape index (κ1) is 19.3. The predicted molar refractivity (Wildman–Crippen MR) is 122 cm³/mol. The first-order valence-corrected chi connectivity index (χ1v) is 10.6. The number of fused-ring (bicyclic) bond motifs is 1. The third-order valence-corrected chi connectivity index (χ3v) is 6.38. The second-order valence-corrected chi connectivity index (χ2v) is 8.59. The highest BCUT2D eigenvalue weighted by atomic mass is 32.1. The molecule has 4 rings (SSSR count). The van der Waals surface area contributed by atoms with Crippen molar-refractivity contribution in [2.75, 3.05) is 5.32 Å². The second kappa shape index (κ2) is 8.18. The number of nitrogens with one attached hydrogen (secondary N) is 1. The lowest BCUT2D eigenvalue weighted by atomic mass is 10.0. The van der Waals surface area contributed by atoms with E-state index in [-0.39, 0.29) is 5.91 Å². The van der Waals surface area contributed by atoms with E-state index in [0.29, 0.717) is 6.42 Å². The molecule has 0 unspecified atom stereocenters. The number of hydrogen-bond donors (Lipinski definition) is 1. The van der Waals surface area contributed by atoms with E-state index in [0.717, 1.165) is 38.8 Å². The largest absolute Gasteiger partial charge is 0.325 e. The molecule has 3 nitrogen and oxygen atoms in total. The Labute approximate surface area is 175 Å². The van der Waals surface area contributed by atoms with Crippen LogP contribution in [0, 0.1) is 20.8 Å². The summed E-state index contributed by atoms with van der Waals surface area (Å²) in [4.78, 5) is 18.4. The highest BCUT2D eigenvalue weighted by Gasteiger charge is 2.14. The molecule has 3 aromatic carbocycles. The molecule has 0 aliphatic heterocycles. The molecular weight excluding hydrogens is 376 g/mol. The van der Waals surface area contributed by atoms with E-state index in [2.05, 4.69) is 47.8 Å². The number of carbonyl (C=O) groups excluding carboxylic acids is 1. The molecule has 146 valence electrons. The van der Waals surface area contributed by atoms with Gasteiger partial charge in [-0.1, -0.05) is 60.7 Å². The van der Waals surface area contributed by atoms with Gasteiger partial charge in [-0.3, -0.25) is 4.79 Å². The van der Waals surface area contributed by atoms with Crippen LogP contribution in [0.15, 0.2) is 60.7 Å². The Bertz CT molecular complexity index is 1170. The van der Waals surface area contributed by atoms with E-state index < -0.39 is 0 Å². The summed E-state index contributed by atoms with van der Waals surface area (Å²) in [7, 11) is 0. The van der Waals surface area contributed by atoms with Crippen LogP contribution in [-0.4, -0.2) is 10.9 Å². The van der Waals surface area contributed by atoms with Crippen LogP contribution in [0.3, 0.4) is 0 Å². The minimum Gasteiger partial charge on any atom is -0.325 e. The minimum absolute atomic E-state index is 0.00543. The monoisotopic (exact) mass is 400 g/mol. The minimum atomic E-state index is 0.00543. The number of anilines is 1. The average Bonchev–Trinajstić information content (AvgIpc) is 3.04. The Balaban J connectivity index is 1.51. The maximum atomic E-state index is 12.6. The second-order valence-electron chi connectivity index (χ2n) is 7.42. The molecule has 0 fully saturated rings. The zero-order chi connectivity index (χ0) is 20.4. The first-order valence-electron chi connectivity index (χ1n) is 9.79. The van der Waals surface area contributed by atoms with Gasteiger partial charge in [-0.15, -0.1) is 11.3 Å². The normalized spacial score (nSPS) is 11.0. The van der Waals surface area contributed by atoms with E-state index in [4.69, 9.17) is 4.98 Å². The Kier molecular flexibility index (Phi) is 5.45. The molecule has 0 aliphatic carbocycles. The van der Waals surface area contributed by atoms with Gasteiger partial charge in [-0.25, -0.2) is 4.98 Å². The molecule has 0 spiro atoms. The summed E-state index contributed by atoms with van der Waals surface area (Å²) in [6.07, 6.45) is 1.14. The third kappa shape index (κ3) is 4.22. The molecule has 0 radical (unpaired) electrons. The zero-order valence-electron chi connectivity index (χ0n) is 17.0. The van der Waals surface area contributed by atoms with Gasteiger partial charge in [0.25, 0.3) is 0 Å². The Hall–Kier alpha value is -2.98. The SMILES string of the molecule is Cc1cccc(C)c1NC(=O)Cc1sc(Cc2cccc3ccccc23)nc1C. The smallest absolute Gasteiger partial charge is 0.229 e. The Morgan fingerprint density at radius 2 is 1.62 bits per heavy atom. The van der Waals surface area contributed by atoms with Crippen molar-refractivity contribution in [3.8, 4) is 0 Å². The third-order valence-electron chi connectivity index (χ3n) is 5.23. The number of aromatic nitrogens is 1. The lowest BCUT2D eigenvalue weighted by molar-refractivity contribution is -0.115. The summed E-state index contributed by atoms with van der Waals surface area (Å²) in [5.74, 6) is 0.00543. The highest BCUT2D eigenvalue weighted by molar-refractivity contribution is 7.11. The molecule has 0 atom stereocenters. The topological polar surface area (TPSA) is 42.0 Å². The predicted octanol–water partition coefficient (Wildman–Crippen LogP) is 5.99. The number of para-hydroxylation sites is 1. The van der Waals surface area contributed by atoms with E-state index in [9.17, 15) is 4.79 Å². The van der Waals surface area contributed by atoms with Gasteiger partial charge < -0.3 is 5.32 Å². The standard InChI is InChI=1S/C25H24N2OS/c1-16-8-6-9-17(2)25(16)27-23(28)15-22-18(3)26-24(29-22)14-20-12-7-11-19-10-4-5-13-21(19)20/h4-13H,14-15H2,1-3H3,(H,27,28). The van der Waals surface area contributed by atoms with Gasteiger partial charge in [0.05, 0.1) is 17.1 Å². The van der Waals surface area contributed by atoms with Gasteiger partial charge in [-0.2, -0.15) is 0 Å². The molecule has 29 heavy (non-hydrogen) atoms. The molecule has 0 bridgehead atoms. The van der Waals surface area contributed by atoms with Crippen LogP contribution >= 0.6 is 11.3 Å². The van der Waals surface area contributed by atoms with E-state index in [1.807, 2.05) is 39.0 Å². The fourth-order valence-electron chi connectivity index (χ4n) is 3.68. The lowest BCUT2D eigenvalue weighted by Gasteiger charge is -2.11. The number of hydrogen-bond acceptors (Lipinski definition) is 3. The van der Waals surface area contributed by atoms with Crippen molar-refractivity contribution in [3.63, 3.8) is 0 Å². The molecule has 1 heterocycles. The number of carbonyl (C=O) groups is 1. The quantitative estimate of drug-likeness (QED) is 0.447. The molecule has 4 aromatic rings. The van der Waals surface area contributed by atoms with Crippen molar-refractivity contribution in [2.45, 2.75) is 33.6 Å². The van der Waals surface area contributed by atoms with Crippen LogP contribution in [0.1, 0.15) is 32.3 Å². The summed E-state index contributed by atoms with van der Waals surface area (Å²) in [6.45, 7) is 6.02. The lowest BCUT2D eigenvalue weighted by Crippen LogP contribution is -2.15. The molecule has 4 heteroatoms. The number of thiazole rings is 1. The molecule has 0 saturated heterocycles. The van der Waals surface area contributed by atoms with Crippen LogP contribution < -0.4 is 5.32 Å². The van der Waals surface area contributed by atoms with E-state index in [1.54, 1.807) is 11.3 Å². The van der Waals surface area contributed by atoms with Crippen molar-refractivity contribution >= 4 is 33.7 Å². The van der Waals surface area contributed by atoms with Crippen LogP contribution in [0.25, 0.3) is 10.8 Å². The zero-order valence-corrected chi connectivity index (χ0v) is 17.8. The van der Waals surface area contributed by atoms with Crippen molar-refractivity contribution in [2.24, 2.45) is 0 Å². The maximum absolute atomic E-state index is 12.6. The summed E-state index contributed by atoms with van der Waals surface area (Å²) in [5, 5.41) is 6.63. The summed E-state index contributed by atoms with van der Waals surface area (Å²) in [5.41, 5.74) is 5.29. The summed E-state index contributed by atoms with van der Waals surface area (Å²) >= 11 is 1.64. The first-order chi connectivity index (χ1) is 14.0. The van der Waals surface area contributed by atoms with Crippen molar-refractivity contribution in [1.82, 2.24) is 4.98 Å². The summed E-state index contributed by atoms with van der Waals surface area (Å²) < 4.78 is 0. The molecule has 0 aliphatic rings. The molecule has 1 aromatic heterocycles. The fourth-order valence-corrected chi connectivity index (χ4v) is 4.77. The fraction of sp³-hybridized carbons (Fsp3) is 0.200. The molecule has 1 amide bonds. The van der Waals surface area contributed by atoms with Crippen molar-refractivity contribution in [1.29, 1.82) is 0 Å². The molecular formula is C25H24N2OS. The number of amides is 1. The number of benzene rings is 3. The van der Waals surface area contributed by atoms with Gasteiger partial charge in [0.2, 0.25) is 5.91 Å². The van der Waals surface area contributed by atoms with Crippen LogP contribution in [0.5, 0.6) is 0 Å². The van der Waals surface area contributed by atoms with Crippen molar-refractivity contribution < 1.29 is 4.79 Å². The van der Waals surface area contributed by atoms with Crippen LogP contribution in [0.4, 0.5) is 5.69 Å². The van der Waals surface area contributed by atoms with Gasteiger partial charge >= 0.3 is 0 Å². The van der Waals surface area contributed by atoms with E-state index >= 15 is 0 Å². The number of rotatable bonds is 5. The van der Waals surface area contributed by atoms with Crippen LogP contribution in [0.2, 0.25) is 0 Å². The molecule has 0 saturated carbocycles. The average molecular weight is 401 g/mol. The van der Waals surface area contributed by atoms with E-state index in [1.165, 1.54) is 16.3 Å².